The van der Waals surface area contributed by atoms with Gasteiger partial charge in [0.05, 0.1) is 4.90 Å². The van der Waals surface area contributed by atoms with E-state index in [0.717, 1.165) is 11.1 Å². The molecular weight excluding hydrogens is 208 g/mol. The Balaban J connectivity index is 3.43. The lowest BCUT2D eigenvalue weighted by atomic mass is 10.1. The Labute approximate surface area is 91.2 Å². The van der Waals surface area contributed by atoms with Gasteiger partial charge in [-0.25, -0.2) is 8.42 Å². The summed E-state index contributed by atoms with van der Waals surface area (Å²) in [6, 6.07) is 5.49. The number of sulfone groups is 1. The Morgan fingerprint density at radius 1 is 1.40 bits per heavy atom. The highest BCUT2D eigenvalue weighted by molar-refractivity contribution is 7.91. The summed E-state index contributed by atoms with van der Waals surface area (Å²) in [5.74, 6) is 1.97. The SMILES string of the molecule is C#CCS(=O)(=O)c1c(C)cccc1CC. The second-order valence-electron chi connectivity index (χ2n) is 3.38. The number of rotatable bonds is 3. The topological polar surface area (TPSA) is 34.1 Å². The average molecular weight is 222 g/mol. The zero-order valence-electron chi connectivity index (χ0n) is 8.95. The van der Waals surface area contributed by atoms with Gasteiger partial charge < -0.3 is 0 Å². The molecule has 0 saturated carbocycles. The molecule has 2 nitrogen and oxygen atoms in total. The Morgan fingerprint density at radius 3 is 2.60 bits per heavy atom. The van der Waals surface area contributed by atoms with Gasteiger partial charge in [0, 0.05) is 0 Å². The van der Waals surface area contributed by atoms with Gasteiger partial charge in [-0.3, -0.25) is 0 Å². The third kappa shape index (κ3) is 2.40. The van der Waals surface area contributed by atoms with Gasteiger partial charge in [-0.05, 0) is 24.5 Å². The van der Waals surface area contributed by atoms with E-state index in [4.69, 9.17) is 6.42 Å². The van der Waals surface area contributed by atoms with E-state index in [9.17, 15) is 8.42 Å². The maximum Gasteiger partial charge on any atom is 0.190 e. The Hall–Kier alpha value is -1.27. The second kappa shape index (κ2) is 4.50. The summed E-state index contributed by atoms with van der Waals surface area (Å²) in [7, 11) is -3.32. The summed E-state index contributed by atoms with van der Waals surface area (Å²) in [6.07, 6.45) is 5.76. The fraction of sp³-hybridized carbons (Fsp3) is 0.333. The van der Waals surface area contributed by atoms with Crippen molar-refractivity contribution in [3.63, 3.8) is 0 Å². The highest BCUT2D eigenvalue weighted by Crippen LogP contribution is 2.21. The van der Waals surface area contributed by atoms with Crippen LogP contribution in [0.3, 0.4) is 0 Å². The van der Waals surface area contributed by atoms with Crippen molar-refractivity contribution in [2.24, 2.45) is 0 Å². The molecule has 0 spiro atoms. The van der Waals surface area contributed by atoms with Crippen LogP contribution in [0.1, 0.15) is 18.1 Å². The second-order valence-corrected chi connectivity index (χ2v) is 5.31. The van der Waals surface area contributed by atoms with Crippen molar-refractivity contribution in [1.82, 2.24) is 0 Å². The van der Waals surface area contributed by atoms with Gasteiger partial charge in [-0.15, -0.1) is 6.42 Å². The van der Waals surface area contributed by atoms with Gasteiger partial charge in [0.25, 0.3) is 0 Å². The van der Waals surface area contributed by atoms with Gasteiger partial charge in [0.1, 0.15) is 5.75 Å². The first-order chi connectivity index (χ1) is 7.03. The van der Waals surface area contributed by atoms with Crippen LogP contribution in [0.4, 0.5) is 0 Å². The van der Waals surface area contributed by atoms with Gasteiger partial charge in [-0.1, -0.05) is 31.0 Å². The summed E-state index contributed by atoms with van der Waals surface area (Å²) in [4.78, 5) is 0.408. The smallest absolute Gasteiger partial charge is 0.190 e. The van der Waals surface area contributed by atoms with Crippen molar-refractivity contribution in [2.45, 2.75) is 25.2 Å². The van der Waals surface area contributed by atoms with E-state index in [-0.39, 0.29) is 5.75 Å². The van der Waals surface area contributed by atoms with E-state index in [0.29, 0.717) is 11.3 Å². The molecule has 0 N–H and O–H groups in total. The predicted molar refractivity (Wildman–Crippen MR) is 61.4 cm³/mol. The maximum absolute atomic E-state index is 11.9. The third-order valence-corrected chi connectivity index (χ3v) is 4.01. The molecule has 15 heavy (non-hydrogen) atoms. The first-order valence-electron chi connectivity index (χ1n) is 4.77. The van der Waals surface area contributed by atoms with E-state index in [1.807, 2.05) is 19.1 Å². The molecule has 1 aromatic rings. The summed E-state index contributed by atoms with van der Waals surface area (Å²) in [5, 5.41) is 0. The van der Waals surface area contributed by atoms with Crippen LogP contribution < -0.4 is 0 Å². The van der Waals surface area contributed by atoms with Crippen LogP contribution in [0.25, 0.3) is 0 Å². The molecule has 0 aliphatic carbocycles. The number of benzene rings is 1. The largest absolute Gasteiger partial charge is 0.223 e. The van der Waals surface area contributed by atoms with Gasteiger partial charge in [0.15, 0.2) is 9.84 Å². The molecule has 0 aromatic heterocycles. The molecule has 0 aliphatic heterocycles. The fourth-order valence-corrected chi connectivity index (χ4v) is 3.15. The summed E-state index contributed by atoms with van der Waals surface area (Å²) in [6.45, 7) is 3.73. The number of hydrogen-bond acceptors (Lipinski definition) is 2. The van der Waals surface area contributed by atoms with Gasteiger partial charge in [-0.2, -0.15) is 0 Å². The molecule has 0 radical (unpaired) electrons. The number of hydrogen-bond donors (Lipinski definition) is 0. The van der Waals surface area contributed by atoms with Gasteiger partial charge >= 0.3 is 0 Å². The summed E-state index contributed by atoms with van der Waals surface area (Å²) >= 11 is 0. The fourth-order valence-electron chi connectivity index (χ4n) is 1.62. The zero-order valence-corrected chi connectivity index (χ0v) is 9.76. The van der Waals surface area contributed by atoms with Crippen LogP contribution in [-0.2, 0) is 16.3 Å². The molecule has 1 rings (SSSR count). The van der Waals surface area contributed by atoms with Crippen LogP contribution in [0.15, 0.2) is 23.1 Å². The Bertz CT molecular complexity index is 493. The normalized spacial score (nSPS) is 11.0. The van der Waals surface area contributed by atoms with Crippen LogP contribution in [-0.4, -0.2) is 14.2 Å². The monoisotopic (exact) mass is 222 g/mol. The molecule has 80 valence electrons. The predicted octanol–water partition coefficient (Wildman–Crippen LogP) is 1.96. The Kier molecular flexibility index (Phi) is 3.54. The average Bonchev–Trinajstić information content (AvgIpc) is 2.16. The summed E-state index contributed by atoms with van der Waals surface area (Å²) in [5.41, 5.74) is 1.61. The molecular formula is C12H14O2S. The molecule has 0 amide bonds. The van der Waals surface area contributed by atoms with E-state index in [2.05, 4.69) is 5.92 Å². The van der Waals surface area contributed by atoms with Crippen LogP contribution >= 0.6 is 0 Å². The molecule has 0 fully saturated rings. The highest BCUT2D eigenvalue weighted by Gasteiger charge is 2.18. The first kappa shape index (κ1) is 11.8. The molecule has 3 heteroatoms. The minimum atomic E-state index is -3.32. The van der Waals surface area contributed by atoms with E-state index in [1.54, 1.807) is 13.0 Å². The van der Waals surface area contributed by atoms with Crippen LogP contribution in [0, 0.1) is 19.3 Å². The third-order valence-electron chi connectivity index (χ3n) is 2.26. The molecule has 0 aliphatic rings. The molecule has 1 aromatic carbocycles. The Morgan fingerprint density at radius 2 is 2.07 bits per heavy atom. The van der Waals surface area contributed by atoms with Crippen molar-refractivity contribution in [3.8, 4) is 12.3 Å². The van der Waals surface area contributed by atoms with Crippen LogP contribution in [0.2, 0.25) is 0 Å². The van der Waals surface area contributed by atoms with Crippen molar-refractivity contribution < 1.29 is 8.42 Å². The molecule has 0 bridgehead atoms. The standard InChI is InChI=1S/C12H14O2S/c1-4-9-15(13,14)12-10(3)7-6-8-11(12)5-2/h1,6-8H,5,9H2,2-3H3. The molecule has 0 unspecified atom stereocenters. The van der Waals surface area contributed by atoms with E-state index < -0.39 is 9.84 Å². The number of terminal acetylenes is 1. The van der Waals surface area contributed by atoms with E-state index in [1.165, 1.54) is 0 Å². The first-order valence-corrected chi connectivity index (χ1v) is 6.43. The molecule has 0 heterocycles. The lowest BCUT2D eigenvalue weighted by Gasteiger charge is -2.10. The lowest BCUT2D eigenvalue weighted by molar-refractivity contribution is 0.597. The highest BCUT2D eigenvalue weighted by atomic mass is 32.2. The van der Waals surface area contributed by atoms with Crippen molar-refractivity contribution in [3.05, 3.63) is 29.3 Å². The van der Waals surface area contributed by atoms with Crippen LogP contribution in [0.5, 0.6) is 0 Å². The van der Waals surface area contributed by atoms with Crippen molar-refractivity contribution in [1.29, 1.82) is 0 Å². The van der Waals surface area contributed by atoms with E-state index >= 15 is 0 Å². The maximum atomic E-state index is 11.9. The summed E-state index contributed by atoms with van der Waals surface area (Å²) < 4.78 is 23.8. The zero-order chi connectivity index (χ0) is 11.5. The van der Waals surface area contributed by atoms with Crippen molar-refractivity contribution >= 4 is 9.84 Å². The minimum Gasteiger partial charge on any atom is -0.223 e. The lowest BCUT2D eigenvalue weighted by Crippen LogP contribution is -2.10. The molecule has 0 saturated heterocycles. The van der Waals surface area contributed by atoms with Crippen molar-refractivity contribution in [2.75, 3.05) is 5.75 Å². The number of aryl methyl sites for hydroxylation is 2. The minimum absolute atomic E-state index is 0.231. The van der Waals surface area contributed by atoms with Gasteiger partial charge in [0.2, 0.25) is 0 Å². The quantitative estimate of drug-likeness (QED) is 0.733. The molecule has 0 atom stereocenters.